The van der Waals surface area contributed by atoms with E-state index in [-0.39, 0.29) is 31.2 Å². The fourth-order valence-electron chi connectivity index (χ4n) is 3.59. The summed E-state index contributed by atoms with van der Waals surface area (Å²) in [5, 5.41) is 12.0. The van der Waals surface area contributed by atoms with E-state index in [2.05, 4.69) is 10.3 Å². The molecule has 0 spiro atoms. The maximum atomic E-state index is 13.0. The van der Waals surface area contributed by atoms with Crippen LogP contribution in [0, 0.1) is 0 Å². The lowest BCUT2D eigenvalue weighted by atomic mass is 9.99. The molecule has 2 N–H and O–H groups in total. The number of alkyl halides is 3. The number of carbonyl (C=O) groups is 2. The van der Waals surface area contributed by atoms with Gasteiger partial charge in [-0.15, -0.1) is 0 Å². The molecule has 0 saturated carbocycles. The van der Waals surface area contributed by atoms with Crippen molar-refractivity contribution in [1.82, 2.24) is 4.98 Å². The number of hydrogen-bond donors (Lipinski definition) is 2. The van der Waals surface area contributed by atoms with Gasteiger partial charge in [-0.05, 0) is 41.5 Å². The van der Waals surface area contributed by atoms with E-state index in [9.17, 15) is 27.9 Å². The van der Waals surface area contributed by atoms with Crippen molar-refractivity contribution in [3.8, 4) is 11.1 Å². The fraction of sp³-hybridized carbons (Fsp3) is 0.174. The third-order valence-corrected chi connectivity index (χ3v) is 5.14. The minimum atomic E-state index is -4.47. The lowest BCUT2D eigenvalue weighted by molar-refractivity contribution is -0.137. The second-order valence-electron chi connectivity index (χ2n) is 7.29. The van der Waals surface area contributed by atoms with Gasteiger partial charge in [0.1, 0.15) is 6.54 Å². The van der Waals surface area contributed by atoms with Gasteiger partial charge in [0.05, 0.1) is 30.0 Å². The quantitative estimate of drug-likeness (QED) is 0.646. The number of amides is 2. The number of aliphatic hydroxyl groups excluding tert-OH is 1. The summed E-state index contributed by atoms with van der Waals surface area (Å²) in [7, 11) is 0. The Labute approximate surface area is 181 Å². The molecule has 0 fully saturated rings. The van der Waals surface area contributed by atoms with E-state index in [1.54, 1.807) is 12.3 Å². The number of anilines is 2. The van der Waals surface area contributed by atoms with Crippen molar-refractivity contribution in [2.45, 2.75) is 19.2 Å². The van der Waals surface area contributed by atoms with Crippen molar-refractivity contribution < 1.29 is 27.9 Å². The van der Waals surface area contributed by atoms with Gasteiger partial charge in [0.15, 0.2) is 0 Å². The number of carbonyl (C=O) groups excluding carboxylic acids is 2. The van der Waals surface area contributed by atoms with E-state index < -0.39 is 17.6 Å². The van der Waals surface area contributed by atoms with E-state index in [1.807, 2.05) is 24.3 Å². The van der Waals surface area contributed by atoms with Gasteiger partial charge in [0.2, 0.25) is 11.8 Å². The van der Waals surface area contributed by atoms with E-state index in [4.69, 9.17) is 0 Å². The number of aromatic nitrogens is 1. The summed E-state index contributed by atoms with van der Waals surface area (Å²) in [5.74, 6) is -0.897. The van der Waals surface area contributed by atoms with Crippen LogP contribution in [0.25, 0.3) is 11.1 Å². The molecular weight excluding hydrogens is 423 g/mol. The molecule has 1 aromatic heterocycles. The predicted molar refractivity (Wildman–Crippen MR) is 112 cm³/mol. The normalized spacial score (nSPS) is 13.2. The fourth-order valence-corrected chi connectivity index (χ4v) is 3.59. The molecule has 0 unspecified atom stereocenters. The summed E-state index contributed by atoms with van der Waals surface area (Å²) in [5.41, 5.74) is 2.35. The molecule has 2 aromatic carbocycles. The average Bonchev–Trinajstić information content (AvgIpc) is 2.88. The van der Waals surface area contributed by atoms with Crippen LogP contribution in [0.5, 0.6) is 0 Å². The SMILES string of the molecule is O=C(CN1C(=O)Cc2ccccc2-c2cnc(CO)cc21)Nc1ccc(C(F)(F)F)cc1. The first-order chi connectivity index (χ1) is 15.3. The van der Waals surface area contributed by atoms with Crippen LogP contribution >= 0.6 is 0 Å². The number of halogens is 3. The number of aliphatic hydroxyl groups is 1. The summed E-state index contributed by atoms with van der Waals surface area (Å²) in [6.45, 7) is -0.690. The molecule has 3 aromatic rings. The summed E-state index contributed by atoms with van der Waals surface area (Å²) in [6, 6.07) is 12.9. The van der Waals surface area contributed by atoms with E-state index in [0.717, 1.165) is 35.4 Å². The number of rotatable bonds is 4. The summed E-state index contributed by atoms with van der Waals surface area (Å²) in [6.07, 6.45) is -2.86. The van der Waals surface area contributed by atoms with Crippen molar-refractivity contribution in [2.75, 3.05) is 16.8 Å². The van der Waals surface area contributed by atoms with Crippen LogP contribution in [0.2, 0.25) is 0 Å². The molecule has 0 bridgehead atoms. The van der Waals surface area contributed by atoms with Gasteiger partial charge in [-0.25, -0.2) is 0 Å². The number of pyridine rings is 1. The minimum absolute atomic E-state index is 0.0624. The maximum Gasteiger partial charge on any atom is 0.416 e. The van der Waals surface area contributed by atoms with Crippen LogP contribution in [-0.2, 0) is 28.8 Å². The second kappa shape index (κ2) is 8.43. The van der Waals surface area contributed by atoms with E-state index >= 15 is 0 Å². The van der Waals surface area contributed by atoms with E-state index in [0.29, 0.717) is 16.9 Å². The van der Waals surface area contributed by atoms with Gasteiger partial charge < -0.3 is 15.3 Å². The molecule has 2 amide bonds. The zero-order valence-corrected chi connectivity index (χ0v) is 16.7. The van der Waals surface area contributed by atoms with Crippen molar-refractivity contribution in [2.24, 2.45) is 0 Å². The molecule has 0 aliphatic carbocycles. The third-order valence-electron chi connectivity index (χ3n) is 5.14. The predicted octanol–water partition coefficient (Wildman–Crippen LogP) is 3.79. The Kier molecular flexibility index (Phi) is 5.67. The molecule has 164 valence electrons. The molecule has 0 saturated heterocycles. The van der Waals surface area contributed by atoms with Crippen LogP contribution < -0.4 is 10.2 Å². The Bertz CT molecular complexity index is 1180. The van der Waals surface area contributed by atoms with E-state index in [1.165, 1.54) is 4.90 Å². The first-order valence-corrected chi connectivity index (χ1v) is 9.72. The second-order valence-corrected chi connectivity index (χ2v) is 7.29. The Hall–Kier alpha value is -3.72. The Morgan fingerprint density at radius 1 is 1.09 bits per heavy atom. The van der Waals surface area contributed by atoms with Crippen LogP contribution in [0.4, 0.5) is 24.5 Å². The van der Waals surface area contributed by atoms with Crippen LogP contribution in [0.3, 0.4) is 0 Å². The Morgan fingerprint density at radius 3 is 2.50 bits per heavy atom. The maximum absolute atomic E-state index is 13.0. The molecule has 1 aliphatic rings. The highest BCUT2D eigenvalue weighted by molar-refractivity contribution is 6.07. The largest absolute Gasteiger partial charge is 0.416 e. The van der Waals surface area contributed by atoms with Crippen molar-refractivity contribution >= 4 is 23.2 Å². The summed E-state index contributed by atoms with van der Waals surface area (Å²) in [4.78, 5) is 31.2. The zero-order chi connectivity index (χ0) is 22.9. The topological polar surface area (TPSA) is 82.5 Å². The molecule has 2 heterocycles. The summed E-state index contributed by atoms with van der Waals surface area (Å²) >= 11 is 0. The highest BCUT2D eigenvalue weighted by atomic mass is 19.4. The van der Waals surface area contributed by atoms with Crippen molar-refractivity contribution in [3.05, 3.63) is 77.6 Å². The van der Waals surface area contributed by atoms with Gasteiger partial charge in [-0.3, -0.25) is 14.6 Å². The van der Waals surface area contributed by atoms with Gasteiger partial charge in [0, 0.05) is 17.4 Å². The van der Waals surface area contributed by atoms with Gasteiger partial charge in [-0.2, -0.15) is 13.2 Å². The highest BCUT2D eigenvalue weighted by Crippen LogP contribution is 2.37. The van der Waals surface area contributed by atoms with Crippen molar-refractivity contribution in [3.63, 3.8) is 0 Å². The molecule has 0 atom stereocenters. The Balaban J connectivity index is 1.62. The molecule has 9 heteroatoms. The molecule has 1 aliphatic heterocycles. The van der Waals surface area contributed by atoms with Crippen LogP contribution in [0.1, 0.15) is 16.8 Å². The molecule has 6 nitrogen and oxygen atoms in total. The number of hydrogen-bond acceptors (Lipinski definition) is 4. The highest BCUT2D eigenvalue weighted by Gasteiger charge is 2.30. The first kappa shape index (κ1) is 21.5. The van der Waals surface area contributed by atoms with Gasteiger partial charge >= 0.3 is 6.18 Å². The number of fused-ring (bicyclic) bond motifs is 3. The number of nitrogens with one attached hydrogen (secondary N) is 1. The smallest absolute Gasteiger partial charge is 0.390 e. The Morgan fingerprint density at radius 2 is 1.81 bits per heavy atom. The van der Waals surface area contributed by atoms with Gasteiger partial charge in [-0.1, -0.05) is 24.3 Å². The third kappa shape index (κ3) is 4.33. The monoisotopic (exact) mass is 441 g/mol. The van der Waals surface area contributed by atoms with Crippen LogP contribution in [-0.4, -0.2) is 28.4 Å². The number of benzene rings is 2. The molecular formula is C23H18F3N3O3. The van der Waals surface area contributed by atoms with Crippen molar-refractivity contribution in [1.29, 1.82) is 0 Å². The molecule has 4 rings (SSSR count). The lowest BCUT2D eigenvalue weighted by Crippen LogP contribution is -2.38. The first-order valence-electron chi connectivity index (χ1n) is 9.72. The van der Waals surface area contributed by atoms with Gasteiger partial charge in [0.25, 0.3) is 0 Å². The van der Waals surface area contributed by atoms with Crippen LogP contribution in [0.15, 0.2) is 60.8 Å². The lowest BCUT2D eigenvalue weighted by Gasteiger charge is -2.23. The molecule has 32 heavy (non-hydrogen) atoms. The number of nitrogens with zero attached hydrogens (tertiary/aromatic N) is 2. The summed E-state index contributed by atoms with van der Waals surface area (Å²) < 4.78 is 38.2. The molecule has 0 radical (unpaired) electrons. The standard InChI is InChI=1S/C23H18F3N3O3/c24-23(25,26)15-5-7-16(8-6-15)28-21(31)12-29-20-10-17(13-30)27-11-19(20)18-4-2-1-3-14(18)9-22(29)32/h1-8,10-11,30H,9,12-13H2,(H,28,31). The minimum Gasteiger partial charge on any atom is -0.390 e. The zero-order valence-electron chi connectivity index (χ0n) is 16.7. The average molecular weight is 441 g/mol.